The van der Waals surface area contributed by atoms with Crippen LogP contribution in [0.4, 0.5) is 0 Å². The molecule has 3 rings (SSSR count). The molecule has 0 bridgehead atoms. The lowest BCUT2D eigenvalue weighted by Crippen LogP contribution is -2.31. The zero-order chi connectivity index (χ0) is 29.3. The van der Waals surface area contributed by atoms with Crippen molar-refractivity contribution in [3.8, 4) is 0 Å². The summed E-state index contributed by atoms with van der Waals surface area (Å²) in [5.74, 6) is -0.281. The Morgan fingerprint density at radius 2 is 1.34 bits per heavy atom. The van der Waals surface area contributed by atoms with Gasteiger partial charge in [-0.15, -0.1) is 0 Å². The molecule has 2 saturated heterocycles. The van der Waals surface area contributed by atoms with Crippen LogP contribution < -0.4 is 0 Å². The van der Waals surface area contributed by atoms with E-state index in [1.54, 1.807) is 0 Å². The molecule has 0 amide bonds. The molecule has 0 radical (unpaired) electrons. The van der Waals surface area contributed by atoms with Gasteiger partial charge in [0, 0.05) is 12.0 Å². The Bertz CT molecular complexity index is 738. The molecule has 0 aromatic carbocycles. The van der Waals surface area contributed by atoms with Crippen LogP contribution in [0.5, 0.6) is 0 Å². The van der Waals surface area contributed by atoms with Crippen LogP contribution in [0, 0.1) is 0 Å². The highest BCUT2D eigenvalue weighted by Crippen LogP contribution is 2.34. The first kappa shape index (κ1) is 34.5. The highest BCUT2D eigenvalue weighted by molar-refractivity contribution is 5.90. The van der Waals surface area contributed by atoms with E-state index in [9.17, 15) is 15.0 Å². The Morgan fingerprint density at radius 1 is 0.756 bits per heavy atom. The monoisotopic (exact) mass is 578 g/mol. The van der Waals surface area contributed by atoms with E-state index in [0.717, 1.165) is 64.2 Å². The topological polar surface area (TPSA) is 85.2 Å². The summed E-state index contributed by atoms with van der Waals surface area (Å²) in [7, 11) is 0. The minimum absolute atomic E-state index is 0.0214. The SMILES string of the molecule is CCCCCCCCCCCCCC[C@@H](O)[C@H]1CC[C@H]([C@H]2CC[C@H](CCCCC[C@@H](O)CC3=C[C@H](C)OC3=O)O2)O1. The van der Waals surface area contributed by atoms with Crippen molar-refractivity contribution in [2.45, 2.75) is 204 Å². The number of unbranched alkanes of at least 4 members (excludes halogenated alkanes) is 13. The van der Waals surface area contributed by atoms with Crippen LogP contribution in [0.3, 0.4) is 0 Å². The lowest BCUT2D eigenvalue weighted by Gasteiger charge is -2.23. The van der Waals surface area contributed by atoms with Crippen molar-refractivity contribution in [3.05, 3.63) is 11.6 Å². The number of carbonyl (C=O) groups excluding carboxylic acids is 1. The Morgan fingerprint density at radius 3 is 2.00 bits per heavy atom. The second-order valence-electron chi connectivity index (χ2n) is 13.2. The number of carbonyl (C=O) groups is 1. The smallest absolute Gasteiger partial charge is 0.334 e. The van der Waals surface area contributed by atoms with Crippen molar-refractivity contribution in [1.82, 2.24) is 0 Å². The fourth-order valence-electron chi connectivity index (χ4n) is 6.91. The van der Waals surface area contributed by atoms with Gasteiger partial charge in [-0.1, -0.05) is 103 Å². The second kappa shape index (κ2) is 20.1. The largest absolute Gasteiger partial charge is 0.455 e. The molecule has 0 unspecified atom stereocenters. The first-order valence-corrected chi connectivity index (χ1v) is 17.5. The molecule has 3 aliphatic rings. The van der Waals surface area contributed by atoms with E-state index in [1.165, 1.54) is 70.6 Å². The van der Waals surface area contributed by atoms with Crippen LogP contribution in [0.1, 0.15) is 162 Å². The van der Waals surface area contributed by atoms with Gasteiger partial charge in [-0.2, -0.15) is 0 Å². The van der Waals surface area contributed by atoms with E-state index in [4.69, 9.17) is 14.2 Å². The summed E-state index contributed by atoms with van der Waals surface area (Å²) in [5.41, 5.74) is 0.614. The number of aliphatic hydroxyl groups is 2. The third-order valence-corrected chi connectivity index (χ3v) is 9.43. The van der Waals surface area contributed by atoms with Crippen molar-refractivity contribution in [2.24, 2.45) is 0 Å². The van der Waals surface area contributed by atoms with Gasteiger partial charge < -0.3 is 24.4 Å². The number of aliphatic hydroxyl groups excluding tert-OH is 2. The van der Waals surface area contributed by atoms with Crippen LogP contribution >= 0.6 is 0 Å². The number of hydrogen-bond acceptors (Lipinski definition) is 6. The minimum Gasteiger partial charge on any atom is -0.455 e. The van der Waals surface area contributed by atoms with Crippen molar-refractivity contribution >= 4 is 5.97 Å². The van der Waals surface area contributed by atoms with Gasteiger partial charge >= 0.3 is 5.97 Å². The molecule has 6 heteroatoms. The van der Waals surface area contributed by atoms with Crippen LogP contribution in [-0.2, 0) is 19.0 Å². The number of ether oxygens (including phenoxy) is 3. The van der Waals surface area contributed by atoms with Gasteiger partial charge in [0.25, 0.3) is 0 Å². The zero-order valence-corrected chi connectivity index (χ0v) is 26.4. The summed E-state index contributed by atoms with van der Waals surface area (Å²) in [6, 6.07) is 0. The van der Waals surface area contributed by atoms with Gasteiger partial charge in [-0.25, -0.2) is 4.79 Å². The summed E-state index contributed by atoms with van der Waals surface area (Å²) in [4.78, 5) is 11.7. The highest BCUT2D eigenvalue weighted by Gasteiger charge is 2.39. The average molecular weight is 579 g/mol. The maximum absolute atomic E-state index is 11.7. The molecule has 2 fully saturated rings. The quantitative estimate of drug-likeness (QED) is 0.0941. The third kappa shape index (κ3) is 13.5. The van der Waals surface area contributed by atoms with Crippen LogP contribution in [0.2, 0.25) is 0 Å². The third-order valence-electron chi connectivity index (χ3n) is 9.43. The second-order valence-corrected chi connectivity index (χ2v) is 13.2. The van der Waals surface area contributed by atoms with Crippen molar-refractivity contribution in [2.75, 3.05) is 0 Å². The molecule has 41 heavy (non-hydrogen) atoms. The fraction of sp³-hybridized carbons (Fsp3) is 0.914. The summed E-state index contributed by atoms with van der Waals surface area (Å²) in [6.45, 7) is 4.12. The molecule has 0 aliphatic carbocycles. The van der Waals surface area contributed by atoms with Gasteiger partial charge in [-0.05, 0) is 57.9 Å². The Labute approximate surface area is 251 Å². The van der Waals surface area contributed by atoms with Crippen molar-refractivity contribution in [3.63, 3.8) is 0 Å². The minimum atomic E-state index is -0.478. The van der Waals surface area contributed by atoms with Gasteiger partial charge in [-0.3, -0.25) is 0 Å². The average Bonchev–Trinajstić information content (AvgIpc) is 3.69. The van der Waals surface area contributed by atoms with E-state index in [0.29, 0.717) is 24.5 Å². The molecule has 0 aromatic rings. The normalized spacial score (nSPS) is 27.8. The molecule has 0 saturated carbocycles. The molecular formula is C35H62O6. The van der Waals surface area contributed by atoms with Gasteiger partial charge in [0.1, 0.15) is 6.10 Å². The predicted molar refractivity (Wildman–Crippen MR) is 165 cm³/mol. The van der Waals surface area contributed by atoms with E-state index >= 15 is 0 Å². The first-order valence-electron chi connectivity index (χ1n) is 17.5. The molecule has 7 atom stereocenters. The number of cyclic esters (lactones) is 1. The molecule has 3 aliphatic heterocycles. The van der Waals surface area contributed by atoms with E-state index in [1.807, 2.05) is 13.0 Å². The summed E-state index contributed by atoms with van der Waals surface area (Å²) in [5, 5.41) is 21.0. The maximum Gasteiger partial charge on any atom is 0.334 e. The predicted octanol–water partition coefficient (Wildman–Crippen LogP) is 8.11. The maximum atomic E-state index is 11.7. The number of hydrogen-bond donors (Lipinski definition) is 2. The molecule has 2 N–H and O–H groups in total. The number of esters is 1. The van der Waals surface area contributed by atoms with Crippen LogP contribution in [0.15, 0.2) is 11.6 Å². The summed E-state index contributed by atoms with van der Waals surface area (Å²) < 4.78 is 17.8. The van der Waals surface area contributed by atoms with Gasteiger partial charge in [0.15, 0.2) is 0 Å². The lowest BCUT2D eigenvalue weighted by atomic mass is 10.0. The molecule has 6 nitrogen and oxygen atoms in total. The van der Waals surface area contributed by atoms with Crippen molar-refractivity contribution < 1.29 is 29.2 Å². The Kier molecular flexibility index (Phi) is 16.9. The first-order chi connectivity index (χ1) is 20.0. The van der Waals surface area contributed by atoms with Crippen molar-refractivity contribution in [1.29, 1.82) is 0 Å². The molecule has 0 spiro atoms. The number of rotatable bonds is 23. The molecule has 3 heterocycles. The van der Waals surface area contributed by atoms with Gasteiger partial charge in [0.2, 0.25) is 0 Å². The van der Waals surface area contributed by atoms with Crippen LogP contribution in [0.25, 0.3) is 0 Å². The van der Waals surface area contributed by atoms with Crippen LogP contribution in [-0.4, -0.2) is 58.9 Å². The Balaban J connectivity index is 1.14. The highest BCUT2D eigenvalue weighted by atomic mass is 16.6. The Hall–Kier alpha value is -0.950. The van der Waals surface area contributed by atoms with E-state index in [-0.39, 0.29) is 36.5 Å². The van der Waals surface area contributed by atoms with E-state index in [2.05, 4.69) is 6.92 Å². The fourth-order valence-corrected chi connectivity index (χ4v) is 6.91. The zero-order valence-electron chi connectivity index (χ0n) is 26.4. The summed E-state index contributed by atoms with van der Waals surface area (Å²) >= 11 is 0. The molecular weight excluding hydrogens is 516 g/mol. The molecule has 0 aromatic heterocycles. The lowest BCUT2D eigenvalue weighted by molar-refractivity contribution is -0.139. The van der Waals surface area contributed by atoms with Gasteiger partial charge in [0.05, 0.1) is 36.6 Å². The molecule has 238 valence electrons. The van der Waals surface area contributed by atoms with E-state index < -0.39 is 6.10 Å². The summed E-state index contributed by atoms with van der Waals surface area (Å²) in [6.07, 6.45) is 27.7. The standard InChI is InChI=1S/C35H62O6/c1-3-4-5-6-7-8-9-10-11-12-13-17-20-31(37)32-23-24-34(41-32)33-22-21-30(40-33)19-16-14-15-18-29(36)26-28-25-27(2)39-35(28)38/h25,27,29-34,36-37H,3-24,26H2,1-2H3/t27-,29+,30-,31+,32+,33+,34+/m0/s1.